The lowest BCUT2D eigenvalue weighted by Crippen LogP contribution is -2.49. The minimum atomic E-state index is -1.15. The Balaban J connectivity index is 1.72. The van der Waals surface area contributed by atoms with Crippen LogP contribution in [0.25, 0.3) is 0 Å². The Labute approximate surface area is 192 Å². The maximum absolute atomic E-state index is 14.3. The SMILES string of the molecule is COC(=O)[C@H]1[C@@H](B2OC(C)(C)C(C)(C)O2)c2cc(F)ccc2N1C(=O)OCc1ccccc1. The second-order valence-corrected chi connectivity index (χ2v) is 9.23. The molecule has 4 rings (SSSR count). The van der Waals surface area contributed by atoms with E-state index in [4.69, 9.17) is 18.8 Å². The molecule has 2 aromatic rings. The van der Waals surface area contributed by atoms with Gasteiger partial charge in [-0.1, -0.05) is 30.3 Å². The second-order valence-electron chi connectivity index (χ2n) is 9.23. The molecule has 1 saturated heterocycles. The van der Waals surface area contributed by atoms with Crippen LogP contribution in [0.3, 0.4) is 0 Å². The van der Waals surface area contributed by atoms with Crippen LogP contribution in [0.15, 0.2) is 48.5 Å². The van der Waals surface area contributed by atoms with Gasteiger partial charge in [0, 0.05) is 0 Å². The Hall–Kier alpha value is -2.91. The smallest absolute Gasteiger partial charge is 0.467 e. The van der Waals surface area contributed by atoms with Gasteiger partial charge in [0.1, 0.15) is 18.5 Å². The van der Waals surface area contributed by atoms with Crippen molar-refractivity contribution in [3.05, 3.63) is 65.5 Å². The first-order valence-corrected chi connectivity index (χ1v) is 10.8. The number of nitrogens with zero attached hydrogens (tertiary/aromatic N) is 1. The average molecular weight is 455 g/mol. The van der Waals surface area contributed by atoms with Crippen molar-refractivity contribution in [2.45, 2.75) is 57.4 Å². The fraction of sp³-hybridized carbons (Fsp3) is 0.417. The maximum Gasteiger partial charge on any atom is 0.468 e. The molecule has 7 nitrogen and oxygen atoms in total. The molecule has 2 heterocycles. The Kier molecular flexibility index (Phi) is 5.96. The third-order valence-corrected chi connectivity index (χ3v) is 6.64. The normalized spacial score (nSPS) is 22.7. The summed E-state index contributed by atoms with van der Waals surface area (Å²) in [6, 6.07) is 12.0. The fourth-order valence-electron chi connectivity index (χ4n) is 4.20. The van der Waals surface area contributed by atoms with Crippen LogP contribution in [0.4, 0.5) is 14.9 Å². The molecule has 0 saturated carbocycles. The molecule has 0 aliphatic carbocycles. The number of esters is 1. The topological polar surface area (TPSA) is 74.3 Å². The monoisotopic (exact) mass is 455 g/mol. The minimum absolute atomic E-state index is 0.0156. The first-order valence-electron chi connectivity index (χ1n) is 10.8. The van der Waals surface area contributed by atoms with E-state index in [-0.39, 0.29) is 6.61 Å². The number of hydrogen-bond donors (Lipinski definition) is 0. The van der Waals surface area contributed by atoms with Gasteiger partial charge in [0.15, 0.2) is 0 Å². The Morgan fingerprint density at radius 2 is 1.70 bits per heavy atom. The highest BCUT2D eigenvalue weighted by Crippen LogP contribution is 2.49. The van der Waals surface area contributed by atoms with Crippen molar-refractivity contribution >= 4 is 24.9 Å². The Morgan fingerprint density at radius 1 is 1.06 bits per heavy atom. The third kappa shape index (κ3) is 4.11. The van der Waals surface area contributed by atoms with Gasteiger partial charge in [-0.3, -0.25) is 4.90 Å². The lowest BCUT2D eigenvalue weighted by atomic mass is 9.65. The van der Waals surface area contributed by atoms with Crippen LogP contribution in [0.2, 0.25) is 0 Å². The summed E-state index contributed by atoms with van der Waals surface area (Å²) in [5.74, 6) is -1.99. The molecule has 2 aromatic carbocycles. The van der Waals surface area contributed by atoms with Crippen molar-refractivity contribution in [3.8, 4) is 0 Å². The molecule has 33 heavy (non-hydrogen) atoms. The molecular formula is C24H27BFNO6. The summed E-state index contributed by atoms with van der Waals surface area (Å²) in [6.07, 6.45) is -0.749. The van der Waals surface area contributed by atoms with E-state index >= 15 is 0 Å². The molecule has 1 fully saturated rings. The largest absolute Gasteiger partial charge is 0.468 e. The summed E-state index contributed by atoms with van der Waals surface area (Å²) in [4.78, 5) is 27.4. The zero-order chi connectivity index (χ0) is 24.0. The van der Waals surface area contributed by atoms with Crippen LogP contribution < -0.4 is 4.90 Å². The van der Waals surface area contributed by atoms with Crippen LogP contribution in [0.1, 0.15) is 44.6 Å². The lowest BCUT2D eigenvalue weighted by Gasteiger charge is -2.32. The highest BCUT2D eigenvalue weighted by molar-refractivity contribution is 6.49. The Morgan fingerprint density at radius 3 is 2.30 bits per heavy atom. The molecule has 2 aliphatic heterocycles. The molecule has 2 aliphatic rings. The van der Waals surface area contributed by atoms with Gasteiger partial charge < -0.3 is 18.8 Å². The minimum Gasteiger partial charge on any atom is -0.467 e. The van der Waals surface area contributed by atoms with Crippen molar-refractivity contribution in [1.29, 1.82) is 0 Å². The number of hydrogen-bond acceptors (Lipinski definition) is 6. The summed E-state index contributed by atoms with van der Waals surface area (Å²) in [7, 11) is 0.326. The number of halogens is 1. The lowest BCUT2D eigenvalue weighted by molar-refractivity contribution is -0.142. The van der Waals surface area contributed by atoms with E-state index in [0.29, 0.717) is 11.3 Å². The maximum atomic E-state index is 14.3. The van der Waals surface area contributed by atoms with Crippen molar-refractivity contribution < 1.29 is 32.8 Å². The van der Waals surface area contributed by atoms with Crippen molar-refractivity contribution in [3.63, 3.8) is 0 Å². The quantitative estimate of drug-likeness (QED) is 0.507. The van der Waals surface area contributed by atoms with Crippen molar-refractivity contribution in [1.82, 2.24) is 0 Å². The zero-order valence-corrected chi connectivity index (χ0v) is 19.3. The summed E-state index contributed by atoms with van der Waals surface area (Å²) in [5.41, 5.74) is 0.187. The van der Waals surface area contributed by atoms with Crippen LogP contribution in [0.5, 0.6) is 0 Å². The number of ether oxygens (including phenoxy) is 2. The summed E-state index contributed by atoms with van der Waals surface area (Å²) >= 11 is 0. The number of benzene rings is 2. The van der Waals surface area contributed by atoms with Crippen LogP contribution in [-0.2, 0) is 30.2 Å². The second kappa shape index (κ2) is 8.46. The van der Waals surface area contributed by atoms with Gasteiger partial charge in [-0.05, 0) is 57.0 Å². The number of amides is 1. The molecular weight excluding hydrogens is 428 g/mol. The molecule has 1 amide bonds. The van der Waals surface area contributed by atoms with E-state index in [2.05, 4.69) is 0 Å². The predicted molar refractivity (Wildman–Crippen MR) is 120 cm³/mol. The predicted octanol–water partition coefficient (Wildman–Crippen LogP) is 4.24. The van der Waals surface area contributed by atoms with Crippen molar-refractivity contribution in [2.75, 3.05) is 12.0 Å². The summed E-state index contributed by atoms with van der Waals surface area (Å²) in [5, 5.41) is 0. The molecule has 0 aromatic heterocycles. The molecule has 2 atom stereocenters. The molecule has 0 bridgehead atoms. The van der Waals surface area contributed by atoms with Gasteiger partial charge in [-0.15, -0.1) is 0 Å². The number of carbonyl (C=O) groups excluding carboxylic acids is 2. The molecule has 174 valence electrons. The molecule has 0 N–H and O–H groups in total. The number of anilines is 1. The van der Waals surface area contributed by atoms with Gasteiger partial charge in [0.05, 0.1) is 29.8 Å². The van der Waals surface area contributed by atoms with Crippen LogP contribution >= 0.6 is 0 Å². The number of fused-ring (bicyclic) bond motifs is 1. The highest BCUT2D eigenvalue weighted by Gasteiger charge is 2.61. The number of methoxy groups -OCH3 is 1. The van der Waals surface area contributed by atoms with Gasteiger partial charge in [-0.2, -0.15) is 0 Å². The van der Waals surface area contributed by atoms with Gasteiger partial charge in [-0.25, -0.2) is 14.0 Å². The first kappa shape index (κ1) is 23.3. The summed E-state index contributed by atoms with van der Waals surface area (Å²) in [6.45, 7) is 7.55. The van der Waals surface area contributed by atoms with Gasteiger partial charge in [0.2, 0.25) is 0 Å². The standard InChI is InChI=1S/C24H27BFNO6/c1-23(2)24(3,4)33-25(32-23)19-17-13-16(26)11-12-18(17)27(20(19)21(28)30-5)22(29)31-14-15-9-7-6-8-10-15/h6-13,19-20H,14H2,1-5H3/t19-,20+/m0/s1. The van der Waals surface area contributed by atoms with E-state index in [1.54, 1.807) is 0 Å². The van der Waals surface area contributed by atoms with E-state index in [1.165, 1.54) is 30.2 Å². The molecule has 0 unspecified atom stereocenters. The first-order chi connectivity index (χ1) is 15.6. The van der Waals surface area contributed by atoms with Crippen molar-refractivity contribution in [2.24, 2.45) is 0 Å². The number of rotatable bonds is 4. The Bertz CT molecular complexity index is 1040. The highest BCUT2D eigenvalue weighted by atomic mass is 19.1. The van der Waals surface area contributed by atoms with E-state index in [9.17, 15) is 14.0 Å². The van der Waals surface area contributed by atoms with Gasteiger partial charge >= 0.3 is 19.2 Å². The zero-order valence-electron chi connectivity index (χ0n) is 19.3. The van der Waals surface area contributed by atoms with E-state index in [1.807, 2.05) is 58.0 Å². The van der Waals surface area contributed by atoms with Crippen LogP contribution in [0, 0.1) is 5.82 Å². The van der Waals surface area contributed by atoms with Crippen LogP contribution in [-0.4, -0.2) is 43.5 Å². The average Bonchev–Trinajstić information content (AvgIpc) is 3.21. The molecule has 9 heteroatoms. The molecule has 0 spiro atoms. The van der Waals surface area contributed by atoms with Gasteiger partial charge in [0.25, 0.3) is 0 Å². The third-order valence-electron chi connectivity index (χ3n) is 6.64. The van der Waals surface area contributed by atoms with E-state index in [0.717, 1.165) is 5.56 Å². The fourth-order valence-corrected chi connectivity index (χ4v) is 4.20. The molecule has 0 radical (unpaired) electrons. The number of carbonyl (C=O) groups is 2. The van der Waals surface area contributed by atoms with E-state index < -0.39 is 48.1 Å². The summed E-state index contributed by atoms with van der Waals surface area (Å²) < 4.78 is 37.3.